The molecule has 1 saturated carbocycles. The number of benzene rings is 1. The van der Waals surface area contributed by atoms with Crippen LogP contribution in [0.3, 0.4) is 0 Å². The zero-order valence-electron chi connectivity index (χ0n) is 11.8. The summed E-state index contributed by atoms with van der Waals surface area (Å²) in [4.78, 5) is 14.6. The van der Waals surface area contributed by atoms with Gasteiger partial charge in [0, 0.05) is 25.6 Å². The summed E-state index contributed by atoms with van der Waals surface area (Å²) in [5.41, 5.74) is 0.883. The molecule has 108 valence electrons. The van der Waals surface area contributed by atoms with Gasteiger partial charge in [-0.1, -0.05) is 19.1 Å². The first-order valence-corrected chi connectivity index (χ1v) is 7.43. The minimum Gasteiger partial charge on any atom is -0.333 e. The van der Waals surface area contributed by atoms with Gasteiger partial charge in [-0.25, -0.2) is 4.39 Å². The maximum Gasteiger partial charge on any atom is 0.226 e. The van der Waals surface area contributed by atoms with Crippen molar-refractivity contribution in [2.75, 3.05) is 19.6 Å². The summed E-state index contributed by atoms with van der Waals surface area (Å²) in [7, 11) is 0. The monoisotopic (exact) mass is 276 g/mol. The Morgan fingerprint density at radius 2 is 2.25 bits per heavy atom. The Morgan fingerprint density at radius 3 is 2.95 bits per heavy atom. The van der Waals surface area contributed by atoms with E-state index in [2.05, 4.69) is 5.32 Å². The number of carbonyl (C=O) groups excluding carboxylic acids is 1. The maximum absolute atomic E-state index is 13.4. The fourth-order valence-electron chi connectivity index (χ4n) is 3.04. The third-order valence-corrected chi connectivity index (χ3v) is 4.48. The highest BCUT2D eigenvalue weighted by molar-refractivity contribution is 5.79. The normalized spacial score (nSPS) is 24.5. The minimum absolute atomic E-state index is 0.0480. The molecule has 20 heavy (non-hydrogen) atoms. The van der Waals surface area contributed by atoms with Crippen LogP contribution in [0.15, 0.2) is 24.3 Å². The zero-order valence-corrected chi connectivity index (χ0v) is 11.8. The van der Waals surface area contributed by atoms with Crippen LogP contribution in [0.1, 0.15) is 31.4 Å². The summed E-state index contributed by atoms with van der Waals surface area (Å²) in [5, 5.41) is 3.31. The molecule has 2 aliphatic rings. The molecule has 2 unspecified atom stereocenters. The molecule has 0 spiro atoms. The first-order chi connectivity index (χ1) is 9.66. The standard InChI is InChI=1S/C16H21FN2O/c1-11(12-5-6-12)16(20)19-8-7-18-10-15(19)13-3-2-4-14(17)9-13/h2-4,9,11-12,15,18H,5-8,10H2,1H3. The SMILES string of the molecule is CC(C(=O)N1CCNCC1c1cccc(F)c1)C1CC1. The number of hydrogen-bond acceptors (Lipinski definition) is 2. The van der Waals surface area contributed by atoms with Gasteiger partial charge >= 0.3 is 0 Å². The topological polar surface area (TPSA) is 32.3 Å². The van der Waals surface area contributed by atoms with Crippen LogP contribution in [0.5, 0.6) is 0 Å². The summed E-state index contributed by atoms with van der Waals surface area (Å²) in [5.74, 6) is 0.647. The van der Waals surface area contributed by atoms with Crippen molar-refractivity contribution in [2.24, 2.45) is 11.8 Å². The first kappa shape index (κ1) is 13.6. The van der Waals surface area contributed by atoms with Gasteiger partial charge in [-0.2, -0.15) is 0 Å². The number of carbonyl (C=O) groups is 1. The van der Waals surface area contributed by atoms with Gasteiger partial charge in [-0.3, -0.25) is 4.79 Å². The second-order valence-corrected chi connectivity index (χ2v) is 5.93. The van der Waals surface area contributed by atoms with E-state index in [0.29, 0.717) is 19.0 Å². The quantitative estimate of drug-likeness (QED) is 0.919. The average molecular weight is 276 g/mol. The van der Waals surface area contributed by atoms with E-state index in [-0.39, 0.29) is 23.7 Å². The first-order valence-electron chi connectivity index (χ1n) is 7.43. The Bertz CT molecular complexity index is 501. The summed E-state index contributed by atoms with van der Waals surface area (Å²) in [6.45, 7) is 4.25. The Labute approximate surface area is 119 Å². The number of nitrogens with one attached hydrogen (secondary N) is 1. The molecular weight excluding hydrogens is 255 g/mol. The van der Waals surface area contributed by atoms with Crippen molar-refractivity contribution in [1.29, 1.82) is 0 Å². The number of nitrogens with zero attached hydrogens (tertiary/aromatic N) is 1. The molecule has 3 rings (SSSR count). The van der Waals surface area contributed by atoms with Crippen LogP contribution in [0, 0.1) is 17.7 Å². The van der Waals surface area contributed by atoms with Crippen molar-refractivity contribution in [2.45, 2.75) is 25.8 Å². The predicted octanol–water partition coefficient (Wildman–Crippen LogP) is 2.34. The lowest BCUT2D eigenvalue weighted by molar-refractivity contribution is -0.139. The van der Waals surface area contributed by atoms with Crippen molar-refractivity contribution in [3.8, 4) is 0 Å². The van der Waals surface area contributed by atoms with Crippen LogP contribution < -0.4 is 5.32 Å². The molecule has 0 radical (unpaired) electrons. The molecule has 2 atom stereocenters. The molecule has 4 heteroatoms. The maximum atomic E-state index is 13.4. The number of amides is 1. The van der Waals surface area contributed by atoms with Gasteiger partial charge < -0.3 is 10.2 Å². The highest BCUT2D eigenvalue weighted by Crippen LogP contribution is 2.38. The van der Waals surface area contributed by atoms with E-state index in [9.17, 15) is 9.18 Å². The lowest BCUT2D eigenvalue weighted by atomic mass is 9.98. The van der Waals surface area contributed by atoms with Gasteiger partial charge in [-0.15, -0.1) is 0 Å². The van der Waals surface area contributed by atoms with E-state index < -0.39 is 0 Å². The molecule has 1 saturated heterocycles. The van der Waals surface area contributed by atoms with E-state index >= 15 is 0 Å². The Morgan fingerprint density at radius 1 is 1.45 bits per heavy atom. The van der Waals surface area contributed by atoms with Crippen LogP contribution in [-0.2, 0) is 4.79 Å². The van der Waals surface area contributed by atoms with Crippen molar-refractivity contribution >= 4 is 5.91 Å². The van der Waals surface area contributed by atoms with Crippen LogP contribution in [0.25, 0.3) is 0 Å². The number of rotatable bonds is 3. The molecule has 1 heterocycles. The summed E-state index contributed by atoms with van der Waals surface area (Å²) < 4.78 is 13.4. The fraction of sp³-hybridized carbons (Fsp3) is 0.562. The molecule has 1 aliphatic carbocycles. The van der Waals surface area contributed by atoms with Crippen molar-refractivity contribution in [3.63, 3.8) is 0 Å². The van der Waals surface area contributed by atoms with Gasteiger partial charge in [-0.05, 0) is 36.5 Å². The third-order valence-electron chi connectivity index (χ3n) is 4.48. The molecule has 1 aliphatic heterocycles. The number of piperazine rings is 1. The second kappa shape index (κ2) is 5.52. The number of hydrogen-bond donors (Lipinski definition) is 1. The van der Waals surface area contributed by atoms with E-state index in [1.807, 2.05) is 17.9 Å². The van der Waals surface area contributed by atoms with Crippen molar-refractivity contribution < 1.29 is 9.18 Å². The van der Waals surface area contributed by atoms with E-state index in [4.69, 9.17) is 0 Å². The largest absolute Gasteiger partial charge is 0.333 e. The Kier molecular flexibility index (Phi) is 3.74. The van der Waals surface area contributed by atoms with Crippen LogP contribution in [-0.4, -0.2) is 30.4 Å². The molecule has 1 N–H and O–H groups in total. The summed E-state index contributed by atoms with van der Waals surface area (Å²) >= 11 is 0. The van der Waals surface area contributed by atoms with E-state index in [1.165, 1.54) is 18.9 Å². The Hall–Kier alpha value is -1.42. The molecule has 0 aromatic heterocycles. The molecule has 3 nitrogen and oxygen atoms in total. The lowest BCUT2D eigenvalue weighted by Gasteiger charge is -2.38. The molecule has 1 amide bonds. The molecule has 1 aromatic carbocycles. The summed E-state index contributed by atoms with van der Waals surface area (Å²) in [6.07, 6.45) is 2.34. The molecular formula is C16H21FN2O. The van der Waals surface area contributed by atoms with Crippen molar-refractivity contribution in [3.05, 3.63) is 35.6 Å². The minimum atomic E-state index is -0.240. The van der Waals surface area contributed by atoms with E-state index in [0.717, 1.165) is 12.1 Å². The van der Waals surface area contributed by atoms with Gasteiger partial charge in [0.25, 0.3) is 0 Å². The molecule has 0 bridgehead atoms. The average Bonchev–Trinajstić information content (AvgIpc) is 3.30. The third kappa shape index (κ3) is 2.70. The second-order valence-electron chi connectivity index (χ2n) is 5.93. The van der Waals surface area contributed by atoms with Gasteiger partial charge in [0.2, 0.25) is 5.91 Å². The lowest BCUT2D eigenvalue weighted by Crippen LogP contribution is -2.50. The summed E-state index contributed by atoms with van der Waals surface area (Å²) in [6, 6.07) is 6.56. The highest BCUT2D eigenvalue weighted by atomic mass is 19.1. The van der Waals surface area contributed by atoms with Crippen LogP contribution in [0.2, 0.25) is 0 Å². The predicted molar refractivity (Wildman–Crippen MR) is 75.6 cm³/mol. The smallest absolute Gasteiger partial charge is 0.226 e. The van der Waals surface area contributed by atoms with Crippen LogP contribution >= 0.6 is 0 Å². The van der Waals surface area contributed by atoms with Gasteiger partial charge in [0.1, 0.15) is 5.82 Å². The van der Waals surface area contributed by atoms with E-state index in [1.54, 1.807) is 12.1 Å². The Balaban J connectivity index is 1.81. The molecule has 1 aromatic rings. The zero-order chi connectivity index (χ0) is 14.1. The fourth-order valence-corrected chi connectivity index (χ4v) is 3.04. The number of halogens is 1. The van der Waals surface area contributed by atoms with Gasteiger partial charge in [0.05, 0.1) is 6.04 Å². The van der Waals surface area contributed by atoms with Crippen LogP contribution in [0.4, 0.5) is 4.39 Å². The molecule has 2 fully saturated rings. The van der Waals surface area contributed by atoms with Gasteiger partial charge in [0.15, 0.2) is 0 Å². The van der Waals surface area contributed by atoms with Crippen molar-refractivity contribution in [1.82, 2.24) is 10.2 Å². The highest BCUT2D eigenvalue weighted by Gasteiger charge is 2.38.